The molecule has 0 aliphatic heterocycles. The number of thioether (sulfide) groups is 1. The highest BCUT2D eigenvalue weighted by molar-refractivity contribution is 8.00. The lowest BCUT2D eigenvalue weighted by Crippen LogP contribution is -2.22. The van der Waals surface area contributed by atoms with Crippen molar-refractivity contribution in [2.24, 2.45) is 0 Å². The summed E-state index contributed by atoms with van der Waals surface area (Å²) in [7, 11) is 0. The van der Waals surface area contributed by atoms with Gasteiger partial charge in [-0.2, -0.15) is 0 Å². The van der Waals surface area contributed by atoms with Crippen LogP contribution in [-0.2, 0) is 4.79 Å². The predicted octanol–water partition coefficient (Wildman–Crippen LogP) is 4.18. The number of halogens is 2. The predicted molar refractivity (Wildman–Crippen MR) is 96.9 cm³/mol. The molecule has 0 spiro atoms. The molecule has 1 atom stereocenters. The van der Waals surface area contributed by atoms with Gasteiger partial charge in [-0.15, -0.1) is 5.10 Å². The number of rotatable bonds is 5. The minimum absolute atomic E-state index is 0.191. The van der Waals surface area contributed by atoms with Crippen molar-refractivity contribution >= 4 is 23.4 Å². The molecule has 2 aromatic carbocycles. The summed E-state index contributed by atoms with van der Waals surface area (Å²) in [5.41, 5.74) is 2.23. The average molecular weight is 374 g/mol. The zero-order chi connectivity index (χ0) is 18.7. The number of carbonyl (C=O) groups excluding carboxylic acids is 1. The summed E-state index contributed by atoms with van der Waals surface area (Å²) in [4.78, 5) is 16.6. The van der Waals surface area contributed by atoms with Crippen molar-refractivity contribution in [1.82, 2.24) is 15.2 Å². The van der Waals surface area contributed by atoms with Gasteiger partial charge in [-0.05, 0) is 26.0 Å². The zero-order valence-corrected chi connectivity index (χ0v) is 14.9. The number of nitrogens with zero attached hydrogens (tertiary/aromatic N) is 2. The monoisotopic (exact) mass is 374 g/mol. The summed E-state index contributed by atoms with van der Waals surface area (Å²) in [5, 5.41) is 9.40. The van der Waals surface area contributed by atoms with E-state index in [4.69, 9.17) is 0 Å². The van der Waals surface area contributed by atoms with Crippen LogP contribution in [0.5, 0.6) is 0 Å². The van der Waals surface area contributed by atoms with Crippen molar-refractivity contribution < 1.29 is 13.6 Å². The molecule has 3 aromatic rings. The van der Waals surface area contributed by atoms with E-state index in [-0.39, 0.29) is 11.6 Å². The summed E-state index contributed by atoms with van der Waals surface area (Å²) in [6.45, 7) is 3.68. The first-order valence-electron chi connectivity index (χ1n) is 7.84. The molecular formula is C18H16F2N4OS. The van der Waals surface area contributed by atoms with E-state index in [1.807, 2.05) is 31.2 Å². The number of benzene rings is 2. The maximum atomic E-state index is 13.2. The molecule has 1 unspecified atom stereocenters. The second kappa shape index (κ2) is 7.65. The Morgan fingerprint density at radius 2 is 1.88 bits per heavy atom. The van der Waals surface area contributed by atoms with E-state index in [0.29, 0.717) is 11.0 Å². The van der Waals surface area contributed by atoms with E-state index >= 15 is 0 Å². The molecule has 8 heteroatoms. The van der Waals surface area contributed by atoms with Crippen LogP contribution in [0.2, 0.25) is 0 Å². The lowest BCUT2D eigenvalue weighted by Gasteiger charge is -2.10. The van der Waals surface area contributed by atoms with Gasteiger partial charge in [0.15, 0.2) is 17.5 Å². The first kappa shape index (κ1) is 18.1. The molecule has 0 fully saturated rings. The quantitative estimate of drug-likeness (QED) is 0.658. The molecule has 0 saturated carbocycles. The Morgan fingerprint density at radius 3 is 2.58 bits per heavy atom. The highest BCUT2D eigenvalue weighted by Gasteiger charge is 2.18. The molecule has 0 radical (unpaired) electrons. The number of aryl methyl sites for hydroxylation is 1. The van der Waals surface area contributed by atoms with Gasteiger partial charge in [0.2, 0.25) is 11.1 Å². The number of carbonyl (C=O) groups is 1. The molecule has 0 bridgehead atoms. The van der Waals surface area contributed by atoms with Gasteiger partial charge >= 0.3 is 0 Å². The molecule has 2 N–H and O–H groups in total. The van der Waals surface area contributed by atoms with E-state index in [1.165, 1.54) is 6.07 Å². The van der Waals surface area contributed by atoms with Crippen LogP contribution in [0.1, 0.15) is 12.5 Å². The fourth-order valence-corrected chi connectivity index (χ4v) is 2.89. The number of nitrogens with one attached hydrogen (secondary N) is 2. The number of aromatic amines is 1. The van der Waals surface area contributed by atoms with Crippen LogP contribution in [0.15, 0.2) is 47.6 Å². The van der Waals surface area contributed by atoms with Crippen LogP contribution in [0, 0.1) is 18.6 Å². The lowest BCUT2D eigenvalue weighted by atomic mass is 10.1. The van der Waals surface area contributed by atoms with Gasteiger partial charge in [0.05, 0.1) is 5.25 Å². The third-order valence-electron chi connectivity index (χ3n) is 3.63. The summed E-state index contributed by atoms with van der Waals surface area (Å²) < 4.78 is 26.1. The highest BCUT2D eigenvalue weighted by Crippen LogP contribution is 2.24. The third-order valence-corrected chi connectivity index (χ3v) is 4.59. The number of hydrogen-bond donors (Lipinski definition) is 2. The fraction of sp³-hybridized carbons (Fsp3) is 0.167. The molecule has 1 heterocycles. The van der Waals surface area contributed by atoms with Crippen LogP contribution < -0.4 is 5.32 Å². The van der Waals surface area contributed by atoms with Gasteiger partial charge in [0, 0.05) is 17.3 Å². The van der Waals surface area contributed by atoms with Crippen molar-refractivity contribution in [3.63, 3.8) is 0 Å². The van der Waals surface area contributed by atoms with E-state index in [9.17, 15) is 13.6 Å². The van der Waals surface area contributed by atoms with Gasteiger partial charge in [-0.25, -0.2) is 13.8 Å². The fourth-order valence-electron chi connectivity index (χ4n) is 2.17. The molecule has 26 heavy (non-hydrogen) atoms. The Bertz CT molecular complexity index is 927. The molecule has 0 aliphatic carbocycles. The summed E-state index contributed by atoms with van der Waals surface area (Å²) in [5.74, 6) is -1.72. The maximum absolute atomic E-state index is 13.2. The Morgan fingerprint density at radius 1 is 1.15 bits per heavy atom. The molecule has 0 saturated heterocycles. The van der Waals surface area contributed by atoms with Crippen LogP contribution >= 0.6 is 11.8 Å². The molecule has 1 amide bonds. The minimum atomic E-state index is -1.01. The molecule has 0 aliphatic rings. The minimum Gasteiger partial charge on any atom is -0.325 e. The number of H-pyrrole nitrogens is 1. The van der Waals surface area contributed by atoms with Gasteiger partial charge in [0.1, 0.15) is 0 Å². The Kier molecular flexibility index (Phi) is 5.32. The zero-order valence-electron chi connectivity index (χ0n) is 14.1. The van der Waals surface area contributed by atoms with Crippen LogP contribution in [0.25, 0.3) is 11.4 Å². The second-order valence-electron chi connectivity index (χ2n) is 5.71. The second-order valence-corrected chi connectivity index (χ2v) is 7.02. The molecule has 134 valence electrons. The largest absolute Gasteiger partial charge is 0.325 e. The number of anilines is 1. The summed E-state index contributed by atoms with van der Waals surface area (Å²) in [6.07, 6.45) is 0. The first-order chi connectivity index (χ1) is 12.4. The van der Waals surface area contributed by atoms with E-state index in [0.717, 1.165) is 35.0 Å². The van der Waals surface area contributed by atoms with Crippen molar-refractivity contribution in [2.75, 3.05) is 5.32 Å². The standard InChI is InChI=1S/C18H16F2N4OS/c1-10-3-5-12(6-4-10)16-22-18(24-23-16)26-11(2)17(25)21-13-7-8-14(19)15(20)9-13/h3-9,11H,1-2H3,(H,21,25)(H,22,23,24). The van der Waals surface area contributed by atoms with Crippen molar-refractivity contribution in [3.8, 4) is 11.4 Å². The number of hydrogen-bond acceptors (Lipinski definition) is 4. The van der Waals surface area contributed by atoms with Gasteiger partial charge in [-0.1, -0.05) is 41.6 Å². The number of aromatic nitrogens is 3. The lowest BCUT2D eigenvalue weighted by molar-refractivity contribution is -0.115. The summed E-state index contributed by atoms with van der Waals surface area (Å²) in [6, 6.07) is 11.0. The smallest absolute Gasteiger partial charge is 0.237 e. The van der Waals surface area contributed by atoms with Crippen LogP contribution in [0.3, 0.4) is 0 Å². The van der Waals surface area contributed by atoms with Crippen molar-refractivity contribution in [2.45, 2.75) is 24.3 Å². The molecular weight excluding hydrogens is 358 g/mol. The topological polar surface area (TPSA) is 70.7 Å². The van der Waals surface area contributed by atoms with Crippen molar-refractivity contribution in [1.29, 1.82) is 0 Å². The first-order valence-corrected chi connectivity index (χ1v) is 8.72. The van der Waals surface area contributed by atoms with Gasteiger partial charge in [0.25, 0.3) is 0 Å². The van der Waals surface area contributed by atoms with Crippen molar-refractivity contribution in [3.05, 3.63) is 59.7 Å². The Hall–Kier alpha value is -2.74. The van der Waals surface area contributed by atoms with Crippen LogP contribution in [-0.4, -0.2) is 26.3 Å². The normalized spacial score (nSPS) is 12.0. The average Bonchev–Trinajstić information content (AvgIpc) is 3.07. The van der Waals surface area contributed by atoms with Gasteiger partial charge in [-0.3, -0.25) is 9.89 Å². The Balaban J connectivity index is 1.64. The van der Waals surface area contributed by atoms with E-state index in [1.54, 1.807) is 6.92 Å². The highest BCUT2D eigenvalue weighted by atomic mass is 32.2. The van der Waals surface area contributed by atoms with Gasteiger partial charge < -0.3 is 5.32 Å². The molecule has 1 aromatic heterocycles. The van der Waals surface area contributed by atoms with E-state index in [2.05, 4.69) is 20.5 Å². The van der Waals surface area contributed by atoms with Crippen LogP contribution in [0.4, 0.5) is 14.5 Å². The Labute approximate surface area is 153 Å². The maximum Gasteiger partial charge on any atom is 0.237 e. The molecule has 3 rings (SSSR count). The van der Waals surface area contributed by atoms with E-state index < -0.39 is 16.9 Å². The third kappa shape index (κ3) is 4.26. The SMILES string of the molecule is Cc1ccc(-c2nc(SC(C)C(=O)Nc3ccc(F)c(F)c3)n[nH]2)cc1. The molecule has 5 nitrogen and oxygen atoms in total. The summed E-state index contributed by atoms with van der Waals surface area (Å²) >= 11 is 1.16. The number of amides is 1.